The van der Waals surface area contributed by atoms with E-state index >= 15 is 0 Å². The van der Waals surface area contributed by atoms with E-state index in [-0.39, 0.29) is 12.5 Å². The van der Waals surface area contributed by atoms with Gasteiger partial charge < -0.3 is 28.8 Å². The lowest BCUT2D eigenvalue weighted by Crippen LogP contribution is -2.45. The monoisotopic (exact) mass is 947 g/mol. The molecule has 0 aromatic rings. The maximum Gasteiger partial charge on any atom is 0.268 e. The van der Waals surface area contributed by atoms with Gasteiger partial charge in [-0.25, -0.2) is 0 Å². The van der Waals surface area contributed by atoms with Crippen LogP contribution in [0.2, 0.25) is 0 Å². The second kappa shape index (κ2) is 48.2. The maximum absolute atomic E-state index is 12.9. The molecule has 0 bridgehead atoms. The molecule has 3 unspecified atom stereocenters. The van der Waals surface area contributed by atoms with Crippen molar-refractivity contribution in [2.24, 2.45) is 0 Å². The molecule has 3 atom stereocenters. The number of hydrogen-bond donors (Lipinski definition) is 2. The van der Waals surface area contributed by atoms with Gasteiger partial charge in [0, 0.05) is 6.42 Å². The number of allylic oxidation sites excluding steroid dienone is 9. The van der Waals surface area contributed by atoms with Crippen molar-refractivity contribution in [3.63, 3.8) is 0 Å². The van der Waals surface area contributed by atoms with Gasteiger partial charge in [-0.2, -0.15) is 0 Å². The molecule has 0 saturated carbocycles. The van der Waals surface area contributed by atoms with Gasteiger partial charge in [-0.15, -0.1) is 0 Å². The van der Waals surface area contributed by atoms with Crippen molar-refractivity contribution in [2.75, 3.05) is 40.9 Å². The number of rotatable bonds is 50. The minimum atomic E-state index is -4.61. The number of nitrogens with one attached hydrogen (secondary N) is 1. The number of phosphoric acid groups is 1. The number of likely N-dealkylation sites (N-methyl/N-ethyl adjacent to an activating group) is 1. The van der Waals surface area contributed by atoms with E-state index in [2.05, 4.69) is 67.8 Å². The van der Waals surface area contributed by atoms with Crippen LogP contribution in [0.1, 0.15) is 245 Å². The molecule has 0 saturated heterocycles. The molecular weight excluding hydrogens is 840 g/mol. The number of unbranched alkanes of at least 4 members (excludes halogenated alkanes) is 29. The average Bonchev–Trinajstić information content (AvgIpc) is 3.28. The summed E-state index contributed by atoms with van der Waals surface area (Å²) in [7, 11) is 1.23. The Bertz CT molecular complexity index is 1260. The highest BCUT2D eigenvalue weighted by molar-refractivity contribution is 7.45. The Hall–Kier alpha value is -1.80. The number of amides is 1. The molecule has 9 heteroatoms. The van der Waals surface area contributed by atoms with Gasteiger partial charge in [0.05, 0.1) is 39.9 Å². The molecular formula is C57H107N2O6P. The Balaban J connectivity index is 4.29. The van der Waals surface area contributed by atoms with Crippen LogP contribution in [0.15, 0.2) is 60.8 Å². The van der Waals surface area contributed by atoms with E-state index in [1.54, 1.807) is 6.08 Å². The zero-order valence-corrected chi connectivity index (χ0v) is 44.8. The maximum atomic E-state index is 12.9. The van der Waals surface area contributed by atoms with Crippen LogP contribution < -0.4 is 10.2 Å². The summed E-state index contributed by atoms with van der Waals surface area (Å²) < 4.78 is 23.3. The van der Waals surface area contributed by atoms with Gasteiger partial charge >= 0.3 is 0 Å². The van der Waals surface area contributed by atoms with E-state index in [4.69, 9.17) is 9.05 Å². The summed E-state index contributed by atoms with van der Waals surface area (Å²) in [5.41, 5.74) is 0. The molecule has 0 heterocycles. The number of aliphatic hydroxyl groups is 1. The smallest absolute Gasteiger partial charge is 0.268 e. The summed E-state index contributed by atoms with van der Waals surface area (Å²) in [5, 5.41) is 13.8. The SMILES string of the molecule is CCCCCCC/C=C\C/C=C\CCCCCCCCCCCCCCCC(=O)NC(COP(=O)([O-])OCC[N+](C)(C)C)C(O)/C=C/CC/C=C/CC/C=C/CCCCCCCCCCC. The zero-order valence-electron chi connectivity index (χ0n) is 43.9. The van der Waals surface area contributed by atoms with Crippen molar-refractivity contribution in [2.45, 2.75) is 257 Å². The van der Waals surface area contributed by atoms with Gasteiger partial charge in [0.15, 0.2) is 0 Å². The third kappa shape index (κ3) is 50.1. The molecule has 0 radical (unpaired) electrons. The van der Waals surface area contributed by atoms with Crippen LogP contribution in [0, 0.1) is 0 Å². The Morgan fingerprint density at radius 1 is 0.530 bits per heavy atom. The summed E-state index contributed by atoms with van der Waals surface area (Å²) in [5.74, 6) is -0.212. The molecule has 8 nitrogen and oxygen atoms in total. The number of carbonyl (C=O) groups is 1. The van der Waals surface area contributed by atoms with Crippen LogP contribution in [0.3, 0.4) is 0 Å². The number of quaternary nitrogens is 1. The van der Waals surface area contributed by atoms with E-state index in [9.17, 15) is 19.4 Å². The van der Waals surface area contributed by atoms with E-state index in [1.165, 1.54) is 173 Å². The first-order valence-electron chi connectivity index (χ1n) is 27.7. The number of nitrogens with zero attached hydrogens (tertiary/aromatic N) is 1. The van der Waals surface area contributed by atoms with Crippen LogP contribution in [-0.2, 0) is 18.4 Å². The molecule has 0 aliphatic carbocycles. The molecule has 0 aromatic heterocycles. The number of carbonyl (C=O) groups excluding carboxylic acids is 1. The topological polar surface area (TPSA) is 108 Å². The average molecular weight is 947 g/mol. The standard InChI is InChI=1S/C57H107N2O6P/c1-6-8-10-12-14-16-18-20-22-24-26-27-28-29-30-31-33-35-37-39-41-43-45-47-49-51-57(61)58-55(54-65-66(62,63)64-53-52-59(3,4)5)56(60)50-48-46-44-42-40-38-36-34-32-25-23-21-19-17-15-13-11-9-7-2/h18,20,24,26,32,34,40,42,48,50,55-56,60H,6-17,19,21-23,25,27-31,33,35-39,41,43-47,49,51-54H2,1-5H3,(H-,58,61,62,63)/b20-18-,26-24-,34-32+,42-40+,50-48+. The summed E-state index contributed by atoms with van der Waals surface area (Å²) in [6, 6.07) is -0.912. The fraction of sp³-hybridized carbons (Fsp3) is 0.807. The molecule has 0 rings (SSSR count). The fourth-order valence-electron chi connectivity index (χ4n) is 7.80. The van der Waals surface area contributed by atoms with Crippen molar-refractivity contribution in [3.8, 4) is 0 Å². The highest BCUT2D eigenvalue weighted by atomic mass is 31.2. The quantitative estimate of drug-likeness (QED) is 0.0272. The molecule has 0 fully saturated rings. The van der Waals surface area contributed by atoms with Crippen molar-refractivity contribution >= 4 is 13.7 Å². The third-order valence-corrected chi connectivity index (χ3v) is 13.1. The van der Waals surface area contributed by atoms with Crippen molar-refractivity contribution in [3.05, 3.63) is 60.8 Å². The van der Waals surface area contributed by atoms with Crippen LogP contribution in [0.4, 0.5) is 0 Å². The molecule has 1 amide bonds. The molecule has 0 aliphatic heterocycles. The lowest BCUT2D eigenvalue weighted by atomic mass is 10.0. The minimum Gasteiger partial charge on any atom is -0.756 e. The van der Waals surface area contributed by atoms with E-state index in [0.717, 1.165) is 51.4 Å². The van der Waals surface area contributed by atoms with Gasteiger partial charge in [-0.1, -0.05) is 222 Å². The van der Waals surface area contributed by atoms with Gasteiger partial charge in [0.1, 0.15) is 13.2 Å². The Morgan fingerprint density at radius 2 is 0.894 bits per heavy atom. The predicted molar refractivity (Wildman–Crippen MR) is 284 cm³/mol. The first-order chi connectivity index (χ1) is 32.0. The summed E-state index contributed by atoms with van der Waals surface area (Å²) in [6.07, 6.45) is 64.3. The summed E-state index contributed by atoms with van der Waals surface area (Å²) >= 11 is 0. The van der Waals surface area contributed by atoms with Crippen molar-refractivity contribution in [1.29, 1.82) is 0 Å². The van der Waals surface area contributed by atoms with Crippen LogP contribution in [0.5, 0.6) is 0 Å². The van der Waals surface area contributed by atoms with Crippen LogP contribution in [0.25, 0.3) is 0 Å². The fourth-order valence-corrected chi connectivity index (χ4v) is 8.53. The van der Waals surface area contributed by atoms with E-state index < -0.39 is 26.6 Å². The first-order valence-corrected chi connectivity index (χ1v) is 29.1. The first kappa shape index (κ1) is 64.2. The Labute approximate surface area is 409 Å². The molecule has 0 aromatic carbocycles. The van der Waals surface area contributed by atoms with Crippen LogP contribution in [-0.4, -0.2) is 68.5 Å². The largest absolute Gasteiger partial charge is 0.756 e. The lowest BCUT2D eigenvalue weighted by molar-refractivity contribution is -0.870. The molecule has 2 N–H and O–H groups in total. The van der Waals surface area contributed by atoms with Gasteiger partial charge in [-0.05, 0) is 77.0 Å². The van der Waals surface area contributed by atoms with Crippen LogP contribution >= 0.6 is 7.82 Å². The van der Waals surface area contributed by atoms with Crippen molar-refractivity contribution in [1.82, 2.24) is 5.32 Å². The molecule has 66 heavy (non-hydrogen) atoms. The van der Waals surface area contributed by atoms with E-state index in [0.29, 0.717) is 17.4 Å². The normalized spacial score (nSPS) is 14.5. The predicted octanol–water partition coefficient (Wildman–Crippen LogP) is 15.9. The highest BCUT2D eigenvalue weighted by Gasteiger charge is 2.23. The zero-order chi connectivity index (χ0) is 48.5. The molecule has 0 spiro atoms. The van der Waals surface area contributed by atoms with Gasteiger partial charge in [-0.3, -0.25) is 9.36 Å². The van der Waals surface area contributed by atoms with Gasteiger partial charge in [0.2, 0.25) is 5.91 Å². The van der Waals surface area contributed by atoms with E-state index in [1.807, 2.05) is 27.2 Å². The van der Waals surface area contributed by atoms with Gasteiger partial charge in [0.25, 0.3) is 7.82 Å². The Kier molecular flexibility index (Phi) is 46.9. The number of aliphatic hydroxyl groups excluding tert-OH is 1. The lowest BCUT2D eigenvalue weighted by Gasteiger charge is -2.29. The third-order valence-electron chi connectivity index (χ3n) is 12.2. The highest BCUT2D eigenvalue weighted by Crippen LogP contribution is 2.38. The second-order valence-corrected chi connectivity index (χ2v) is 21.3. The molecule has 0 aliphatic rings. The summed E-state index contributed by atoms with van der Waals surface area (Å²) in [4.78, 5) is 25.5. The Morgan fingerprint density at radius 3 is 1.32 bits per heavy atom. The second-order valence-electron chi connectivity index (χ2n) is 19.9. The van der Waals surface area contributed by atoms with Crippen molar-refractivity contribution < 1.29 is 32.9 Å². The minimum absolute atomic E-state index is 0.0104. The number of hydrogen-bond acceptors (Lipinski definition) is 6. The summed E-state index contributed by atoms with van der Waals surface area (Å²) in [6.45, 7) is 4.62. The number of phosphoric ester groups is 1. The molecule has 386 valence electrons.